The molecule has 3 N–H and O–H groups in total. The van der Waals surface area contributed by atoms with Crippen molar-refractivity contribution in [2.75, 3.05) is 54.4 Å². The lowest BCUT2D eigenvalue weighted by molar-refractivity contribution is -0.134. The van der Waals surface area contributed by atoms with Crippen molar-refractivity contribution in [3.63, 3.8) is 0 Å². The number of nitrogens with zero attached hydrogens (tertiary/aromatic N) is 10. The van der Waals surface area contributed by atoms with E-state index >= 15 is 8.78 Å². The summed E-state index contributed by atoms with van der Waals surface area (Å²) in [6.45, 7) is 5.96. The summed E-state index contributed by atoms with van der Waals surface area (Å²) in [5, 5.41) is 27.7. The Morgan fingerprint density at radius 2 is 1.62 bits per heavy atom. The predicted molar refractivity (Wildman–Crippen MR) is 243 cm³/mol. The van der Waals surface area contributed by atoms with Crippen LogP contribution in [0.25, 0.3) is 28.0 Å². The third kappa shape index (κ3) is 8.44. The highest BCUT2D eigenvalue weighted by Gasteiger charge is 2.41. The first-order valence-corrected chi connectivity index (χ1v) is 23.5. The highest BCUT2D eigenvalue weighted by atomic mass is 19.1. The molecule has 5 aliphatic rings. The van der Waals surface area contributed by atoms with E-state index in [0.717, 1.165) is 87.8 Å². The minimum Gasteiger partial charge on any atom is -0.373 e. The van der Waals surface area contributed by atoms with Crippen LogP contribution >= 0.6 is 0 Å². The van der Waals surface area contributed by atoms with Crippen molar-refractivity contribution in [1.29, 1.82) is 5.26 Å². The standard InChI is InChI=1S/C48H55F2N13O3/c1-2-48(47(66)56-33-4-3-5-33)14-16-60(17-15-48)41-12-6-30(25-52-41)43-44-31(24-51)26-54-63(44)29-40(57-43)32-27-53-62(28-32)36-9-7-35(8-10-36)59-18-20-61(21-19-59)45-37(49)22-34(23-38(45)50)55-39-11-13-42(64)58-46(39)65/h6,12,22-23,25-29,33,35-36,39,55H,2-5,7-11,13-21H2,1H3,(H,56,66)(H,58,64,65)/t35-,36-,39-/m0/s1. The number of pyridine rings is 1. The van der Waals surface area contributed by atoms with E-state index in [9.17, 15) is 19.6 Å². The van der Waals surface area contributed by atoms with Gasteiger partial charge < -0.3 is 20.4 Å². The fraction of sp³-hybridized carbons (Fsp3) is 0.500. The molecule has 1 aromatic carbocycles. The first-order chi connectivity index (χ1) is 32.1. The van der Waals surface area contributed by atoms with E-state index in [1.807, 2.05) is 41.6 Å². The molecule has 3 saturated heterocycles. The number of hydrogen-bond acceptors (Lipinski definition) is 12. The van der Waals surface area contributed by atoms with Gasteiger partial charge in [0.1, 0.15) is 34.7 Å². The second-order valence-corrected chi connectivity index (χ2v) is 18.7. The summed E-state index contributed by atoms with van der Waals surface area (Å²) >= 11 is 0. The molecule has 3 aliphatic heterocycles. The Labute approximate surface area is 381 Å². The van der Waals surface area contributed by atoms with Gasteiger partial charge in [-0.3, -0.25) is 29.3 Å². The molecule has 3 amide bonds. The smallest absolute Gasteiger partial charge is 0.249 e. The number of halogens is 2. The molecular weight excluding hydrogens is 845 g/mol. The predicted octanol–water partition coefficient (Wildman–Crippen LogP) is 5.99. The molecule has 0 unspecified atom stereocenters. The van der Waals surface area contributed by atoms with Gasteiger partial charge in [-0.15, -0.1) is 0 Å². The van der Waals surface area contributed by atoms with Crippen molar-refractivity contribution in [2.24, 2.45) is 5.41 Å². The van der Waals surface area contributed by atoms with Gasteiger partial charge in [0, 0.05) is 87.0 Å². The minimum absolute atomic E-state index is 0.0613. The molecule has 2 aliphatic carbocycles. The first-order valence-electron chi connectivity index (χ1n) is 23.5. The molecule has 0 spiro atoms. The average Bonchev–Trinajstić information content (AvgIpc) is 3.99. The summed E-state index contributed by atoms with van der Waals surface area (Å²) < 4.78 is 34.5. The lowest BCUT2D eigenvalue weighted by Gasteiger charge is -2.42. The number of carbonyl (C=O) groups excluding carboxylic acids is 3. The molecule has 16 nitrogen and oxygen atoms in total. The van der Waals surface area contributed by atoms with Gasteiger partial charge in [0.15, 0.2) is 11.6 Å². The van der Waals surface area contributed by atoms with Crippen molar-refractivity contribution in [1.82, 2.24) is 44.9 Å². The van der Waals surface area contributed by atoms with Crippen LogP contribution in [0.1, 0.15) is 95.6 Å². The van der Waals surface area contributed by atoms with Gasteiger partial charge >= 0.3 is 0 Å². The van der Waals surface area contributed by atoms with Gasteiger partial charge in [-0.05, 0) is 94.9 Å². The van der Waals surface area contributed by atoms with Crippen LogP contribution in [0.5, 0.6) is 0 Å². The maximum atomic E-state index is 15.4. The highest BCUT2D eigenvalue weighted by molar-refractivity contribution is 6.01. The Bertz CT molecular complexity index is 2640. The molecule has 1 atom stereocenters. The van der Waals surface area contributed by atoms with Crippen molar-refractivity contribution in [3.05, 3.63) is 72.4 Å². The van der Waals surface area contributed by atoms with E-state index < -0.39 is 23.6 Å². The second-order valence-electron chi connectivity index (χ2n) is 18.7. The van der Waals surface area contributed by atoms with Gasteiger partial charge in [0.05, 0.1) is 41.4 Å². The normalized spacial score (nSPS) is 22.7. The van der Waals surface area contributed by atoms with Crippen LogP contribution in [0, 0.1) is 28.4 Å². The Hall–Kier alpha value is -6.48. The molecule has 0 bridgehead atoms. The molecule has 4 aromatic heterocycles. The monoisotopic (exact) mass is 899 g/mol. The van der Waals surface area contributed by atoms with E-state index in [0.29, 0.717) is 60.7 Å². The van der Waals surface area contributed by atoms with Gasteiger partial charge in [-0.1, -0.05) is 6.92 Å². The van der Waals surface area contributed by atoms with Crippen LogP contribution in [-0.2, 0) is 14.4 Å². The number of hydrogen-bond donors (Lipinski definition) is 3. The molecular formula is C48H55F2N13O3. The number of benzene rings is 1. The summed E-state index contributed by atoms with van der Waals surface area (Å²) in [6, 6.07) is 8.86. The van der Waals surface area contributed by atoms with Crippen molar-refractivity contribution >= 4 is 40.4 Å². The molecule has 0 radical (unpaired) electrons. The fourth-order valence-corrected chi connectivity index (χ4v) is 10.6. The highest BCUT2D eigenvalue weighted by Crippen LogP contribution is 2.39. The van der Waals surface area contributed by atoms with Gasteiger partial charge in [0.25, 0.3) is 0 Å². The maximum absolute atomic E-state index is 15.4. The number of piperidine rings is 2. The van der Waals surface area contributed by atoms with Crippen molar-refractivity contribution < 1.29 is 23.2 Å². The number of piperazine rings is 1. The zero-order valence-corrected chi connectivity index (χ0v) is 37.2. The third-order valence-corrected chi connectivity index (χ3v) is 15.0. The van der Waals surface area contributed by atoms with E-state index in [2.05, 4.69) is 43.8 Å². The fourth-order valence-electron chi connectivity index (χ4n) is 10.6. The first kappa shape index (κ1) is 43.4. The van der Waals surface area contributed by atoms with Crippen molar-refractivity contribution in [3.8, 4) is 28.6 Å². The van der Waals surface area contributed by atoms with Gasteiger partial charge in [-0.2, -0.15) is 15.5 Å². The zero-order chi connectivity index (χ0) is 45.5. The number of rotatable bonds is 11. The third-order valence-electron chi connectivity index (χ3n) is 15.0. The summed E-state index contributed by atoms with van der Waals surface area (Å²) in [4.78, 5) is 53.4. The zero-order valence-electron chi connectivity index (χ0n) is 37.2. The number of anilines is 3. The number of amides is 3. The van der Waals surface area contributed by atoms with E-state index in [1.54, 1.807) is 15.6 Å². The molecule has 5 aromatic rings. The second kappa shape index (κ2) is 18.1. The van der Waals surface area contributed by atoms with Crippen LogP contribution in [0.3, 0.4) is 0 Å². The molecule has 66 heavy (non-hydrogen) atoms. The quantitative estimate of drug-likeness (QED) is 0.132. The largest absolute Gasteiger partial charge is 0.373 e. The van der Waals surface area contributed by atoms with Crippen LogP contribution < -0.4 is 25.8 Å². The minimum atomic E-state index is -0.731. The van der Waals surface area contributed by atoms with Crippen LogP contribution in [-0.4, -0.2) is 109 Å². The van der Waals surface area contributed by atoms with Gasteiger partial charge in [0.2, 0.25) is 17.7 Å². The Morgan fingerprint density at radius 3 is 2.27 bits per heavy atom. The van der Waals surface area contributed by atoms with Crippen LogP contribution in [0.4, 0.5) is 26.0 Å². The molecule has 344 valence electrons. The Balaban J connectivity index is 0.762. The Morgan fingerprint density at radius 1 is 0.879 bits per heavy atom. The van der Waals surface area contributed by atoms with Crippen LogP contribution in [0.2, 0.25) is 0 Å². The maximum Gasteiger partial charge on any atom is 0.249 e. The topological polar surface area (TPSA) is 182 Å². The number of imide groups is 1. The molecule has 5 fully saturated rings. The number of nitriles is 1. The number of aromatic nitrogens is 6. The van der Waals surface area contributed by atoms with E-state index in [-0.39, 0.29) is 47.5 Å². The van der Waals surface area contributed by atoms with E-state index in [4.69, 9.17) is 15.1 Å². The summed E-state index contributed by atoms with van der Waals surface area (Å²) in [6.07, 6.45) is 19.0. The summed E-state index contributed by atoms with van der Waals surface area (Å²) in [5.74, 6) is -1.19. The number of fused-ring (bicyclic) bond motifs is 1. The summed E-state index contributed by atoms with van der Waals surface area (Å²) in [7, 11) is 0. The molecule has 10 rings (SSSR count). The lowest BCUT2D eigenvalue weighted by atomic mass is 9.74. The van der Waals surface area contributed by atoms with Gasteiger partial charge in [-0.25, -0.2) is 23.3 Å². The molecule has 2 saturated carbocycles. The van der Waals surface area contributed by atoms with Crippen molar-refractivity contribution in [2.45, 2.75) is 108 Å². The Kier molecular flexibility index (Phi) is 11.9. The number of nitrogens with one attached hydrogen (secondary N) is 3. The molecule has 7 heterocycles. The lowest BCUT2D eigenvalue weighted by Crippen LogP contribution is -2.52. The van der Waals surface area contributed by atoms with Crippen LogP contribution in [0.15, 0.2) is 55.2 Å². The van der Waals surface area contributed by atoms with E-state index in [1.165, 1.54) is 18.6 Å². The molecule has 18 heteroatoms. The average molecular weight is 900 g/mol. The SMILES string of the molecule is CCC1(C(=O)NC2CCC2)CCN(c2ccc(-c3nc(-c4cnn([C@H]5CC[C@H](N6CCN(c7c(F)cc(N[C@H]8CCC(=O)NC8=O)cc7F)CC6)CC5)c4)cn4ncc(C#N)c34)cn2)CC1. The number of carbonyl (C=O) groups is 3. The summed E-state index contributed by atoms with van der Waals surface area (Å²) in [5.41, 5.74) is 3.67.